The fourth-order valence-electron chi connectivity index (χ4n) is 3.41. The zero-order valence-corrected chi connectivity index (χ0v) is 16.5. The van der Waals surface area contributed by atoms with Gasteiger partial charge in [-0.1, -0.05) is 23.7 Å². The summed E-state index contributed by atoms with van der Waals surface area (Å²) >= 11 is 5.89. The van der Waals surface area contributed by atoms with Crippen LogP contribution in [0.15, 0.2) is 42.5 Å². The van der Waals surface area contributed by atoms with Crippen molar-refractivity contribution < 1.29 is 9.53 Å². The maximum absolute atomic E-state index is 12.4. The van der Waals surface area contributed by atoms with E-state index in [1.807, 2.05) is 31.2 Å². The Hall–Kier alpha value is -2.92. The molecule has 1 aromatic heterocycles. The van der Waals surface area contributed by atoms with Gasteiger partial charge in [-0.3, -0.25) is 4.79 Å². The topological polar surface area (TPSA) is 64.1 Å². The number of hydrogen-bond acceptors (Lipinski definition) is 4. The largest absolute Gasteiger partial charge is 0.497 e. The Morgan fingerprint density at radius 3 is 2.68 bits per heavy atom. The number of methoxy groups -OCH3 is 1. The zero-order valence-electron chi connectivity index (χ0n) is 15.8. The number of rotatable bonds is 4. The molecule has 0 fully saturated rings. The van der Waals surface area contributed by atoms with E-state index in [2.05, 4.69) is 11.4 Å². The molecule has 0 unspecified atom stereocenters. The molecule has 0 saturated heterocycles. The molecule has 1 amide bonds. The monoisotopic (exact) mass is 393 g/mol. The van der Waals surface area contributed by atoms with Crippen molar-refractivity contribution in [3.8, 4) is 17.0 Å². The second-order valence-corrected chi connectivity index (χ2v) is 7.26. The molecular formula is C22H20ClN3O2. The third-order valence-corrected chi connectivity index (χ3v) is 5.13. The van der Waals surface area contributed by atoms with Crippen molar-refractivity contribution in [2.75, 3.05) is 12.4 Å². The van der Waals surface area contributed by atoms with Crippen LogP contribution in [-0.2, 0) is 24.1 Å². The summed E-state index contributed by atoms with van der Waals surface area (Å²) in [6.45, 7) is 1.86. The number of ether oxygens (including phenoxy) is 1. The first-order valence-corrected chi connectivity index (χ1v) is 9.50. The summed E-state index contributed by atoms with van der Waals surface area (Å²) in [5.41, 5.74) is 5.68. The summed E-state index contributed by atoms with van der Waals surface area (Å²) in [6.07, 6.45) is 1.91. The molecule has 4 rings (SSSR count). The molecule has 0 atom stereocenters. The lowest BCUT2D eigenvalue weighted by Gasteiger charge is -2.20. The number of halogens is 1. The molecule has 1 heterocycles. The summed E-state index contributed by atoms with van der Waals surface area (Å²) in [5, 5.41) is 3.55. The fourth-order valence-corrected chi connectivity index (χ4v) is 3.54. The van der Waals surface area contributed by atoms with Gasteiger partial charge in [-0.2, -0.15) is 0 Å². The molecule has 0 saturated carbocycles. The van der Waals surface area contributed by atoms with E-state index in [1.165, 1.54) is 5.56 Å². The molecule has 2 aromatic carbocycles. The van der Waals surface area contributed by atoms with Crippen LogP contribution in [0.25, 0.3) is 11.3 Å². The van der Waals surface area contributed by atoms with Crippen molar-refractivity contribution in [1.82, 2.24) is 9.97 Å². The fraction of sp³-hybridized carbons (Fsp3) is 0.227. The number of benzene rings is 2. The Balaban J connectivity index is 1.57. The average molecular weight is 394 g/mol. The molecule has 6 heteroatoms. The van der Waals surface area contributed by atoms with Gasteiger partial charge in [0.15, 0.2) is 5.82 Å². The first kappa shape index (κ1) is 18.4. The van der Waals surface area contributed by atoms with Gasteiger partial charge in [0.1, 0.15) is 5.75 Å². The maximum Gasteiger partial charge on any atom is 0.229 e. The molecule has 0 aliphatic heterocycles. The Morgan fingerprint density at radius 2 is 1.93 bits per heavy atom. The van der Waals surface area contributed by atoms with Gasteiger partial charge in [0.25, 0.3) is 0 Å². The normalized spacial score (nSPS) is 12.1. The maximum atomic E-state index is 12.4. The third kappa shape index (κ3) is 3.71. The summed E-state index contributed by atoms with van der Waals surface area (Å²) < 4.78 is 5.32. The number of carbonyl (C=O) groups is 1. The van der Waals surface area contributed by atoms with Gasteiger partial charge in [0.2, 0.25) is 5.91 Å². The van der Waals surface area contributed by atoms with Crippen LogP contribution in [0.1, 0.15) is 22.5 Å². The van der Waals surface area contributed by atoms with Crippen LogP contribution >= 0.6 is 11.6 Å². The second kappa shape index (κ2) is 7.60. The van der Waals surface area contributed by atoms with Crippen LogP contribution in [0.3, 0.4) is 0 Å². The number of nitrogens with zero attached hydrogens (tertiary/aromatic N) is 2. The molecule has 1 N–H and O–H groups in total. The van der Waals surface area contributed by atoms with Gasteiger partial charge >= 0.3 is 0 Å². The Morgan fingerprint density at radius 1 is 1.14 bits per heavy atom. The van der Waals surface area contributed by atoms with Crippen molar-refractivity contribution in [3.63, 3.8) is 0 Å². The number of nitrogens with one attached hydrogen (secondary N) is 1. The number of carbonyl (C=O) groups excluding carboxylic acids is 1. The standard InChI is InChI=1S/C22H20ClN3O2/c1-13-22(26-20(27)11-14-3-6-16(23)7-4-14)25-19-10-5-15-12-17(28-2)8-9-18(15)21(19)24-13/h3-4,6-9,12H,5,10-11H2,1-2H3,(H,25,26,27). The van der Waals surface area contributed by atoms with Gasteiger partial charge in [-0.25, -0.2) is 9.97 Å². The van der Waals surface area contributed by atoms with Gasteiger partial charge in [0, 0.05) is 10.6 Å². The van der Waals surface area contributed by atoms with Crippen LogP contribution < -0.4 is 10.1 Å². The quantitative estimate of drug-likeness (QED) is 0.713. The molecule has 0 bridgehead atoms. The van der Waals surface area contributed by atoms with Crippen LogP contribution in [0.5, 0.6) is 5.75 Å². The minimum atomic E-state index is -0.124. The second-order valence-electron chi connectivity index (χ2n) is 6.83. The molecule has 1 aliphatic rings. The van der Waals surface area contributed by atoms with Crippen molar-refractivity contribution in [3.05, 3.63) is 70.0 Å². The zero-order chi connectivity index (χ0) is 19.7. The first-order valence-electron chi connectivity index (χ1n) is 9.12. The number of hydrogen-bond donors (Lipinski definition) is 1. The van der Waals surface area contributed by atoms with E-state index >= 15 is 0 Å². The van der Waals surface area contributed by atoms with Crippen LogP contribution in [0.2, 0.25) is 5.02 Å². The summed E-state index contributed by atoms with van der Waals surface area (Å²) in [6, 6.07) is 13.3. The lowest BCUT2D eigenvalue weighted by molar-refractivity contribution is -0.115. The summed E-state index contributed by atoms with van der Waals surface area (Å²) in [7, 11) is 1.67. The molecule has 0 spiro atoms. The van der Waals surface area contributed by atoms with Crippen LogP contribution in [0, 0.1) is 6.92 Å². The molecule has 1 aliphatic carbocycles. The predicted molar refractivity (Wildman–Crippen MR) is 110 cm³/mol. The highest BCUT2D eigenvalue weighted by molar-refractivity contribution is 6.30. The van der Waals surface area contributed by atoms with E-state index in [1.54, 1.807) is 19.2 Å². The van der Waals surface area contributed by atoms with E-state index in [-0.39, 0.29) is 12.3 Å². The minimum Gasteiger partial charge on any atom is -0.497 e. The lowest BCUT2D eigenvalue weighted by atomic mass is 9.91. The minimum absolute atomic E-state index is 0.124. The number of amides is 1. The number of aryl methyl sites for hydroxylation is 3. The third-order valence-electron chi connectivity index (χ3n) is 4.88. The Labute approximate surface area is 168 Å². The Kier molecular flexibility index (Phi) is 5.01. The number of fused-ring (bicyclic) bond motifs is 3. The van der Waals surface area contributed by atoms with E-state index in [4.69, 9.17) is 26.3 Å². The van der Waals surface area contributed by atoms with Crippen molar-refractivity contribution >= 4 is 23.3 Å². The van der Waals surface area contributed by atoms with E-state index in [9.17, 15) is 4.79 Å². The van der Waals surface area contributed by atoms with E-state index in [0.29, 0.717) is 16.5 Å². The molecule has 3 aromatic rings. The molecule has 0 radical (unpaired) electrons. The SMILES string of the molecule is COc1ccc2c(c1)CCc1nc(NC(=O)Cc3ccc(Cl)cc3)c(C)nc1-2. The van der Waals surface area contributed by atoms with E-state index in [0.717, 1.165) is 41.1 Å². The average Bonchev–Trinajstić information content (AvgIpc) is 2.70. The molecule has 142 valence electrons. The van der Waals surface area contributed by atoms with Gasteiger partial charge in [-0.15, -0.1) is 0 Å². The van der Waals surface area contributed by atoms with Crippen LogP contribution in [-0.4, -0.2) is 23.0 Å². The van der Waals surface area contributed by atoms with Gasteiger partial charge in [0.05, 0.1) is 30.6 Å². The van der Waals surface area contributed by atoms with Crippen molar-refractivity contribution in [1.29, 1.82) is 0 Å². The lowest BCUT2D eigenvalue weighted by Crippen LogP contribution is -2.19. The highest BCUT2D eigenvalue weighted by Crippen LogP contribution is 2.34. The number of anilines is 1. The van der Waals surface area contributed by atoms with Crippen LogP contribution in [0.4, 0.5) is 5.82 Å². The van der Waals surface area contributed by atoms with Gasteiger partial charge < -0.3 is 10.1 Å². The summed E-state index contributed by atoms with van der Waals surface area (Å²) in [4.78, 5) is 21.9. The first-order chi connectivity index (χ1) is 13.5. The highest BCUT2D eigenvalue weighted by Gasteiger charge is 2.21. The van der Waals surface area contributed by atoms with Gasteiger partial charge in [-0.05, 0) is 61.2 Å². The van der Waals surface area contributed by atoms with Crippen molar-refractivity contribution in [2.45, 2.75) is 26.2 Å². The smallest absolute Gasteiger partial charge is 0.229 e. The molecule has 5 nitrogen and oxygen atoms in total. The predicted octanol–water partition coefficient (Wildman–Crippen LogP) is 4.39. The van der Waals surface area contributed by atoms with E-state index < -0.39 is 0 Å². The highest BCUT2D eigenvalue weighted by atomic mass is 35.5. The Bertz CT molecular complexity index is 1050. The molecule has 28 heavy (non-hydrogen) atoms. The molecular weight excluding hydrogens is 374 g/mol. The van der Waals surface area contributed by atoms with Crippen molar-refractivity contribution in [2.24, 2.45) is 0 Å². The summed E-state index contributed by atoms with van der Waals surface area (Å²) in [5.74, 6) is 1.24. The number of aromatic nitrogens is 2.